The second-order valence-corrected chi connectivity index (χ2v) is 4.87. The van der Waals surface area contributed by atoms with Crippen molar-refractivity contribution in [1.29, 1.82) is 0 Å². The van der Waals surface area contributed by atoms with E-state index in [9.17, 15) is 0 Å². The molecular weight excluding hydrogens is 233 g/mol. The molecule has 1 aromatic rings. The number of nitrogens with one attached hydrogen (secondary N) is 1. The molecule has 0 amide bonds. The molecule has 1 aliphatic heterocycles. The van der Waals surface area contributed by atoms with Crippen LogP contribution in [-0.4, -0.2) is 12.6 Å². The number of fused-ring (bicyclic) bond motifs is 1. The van der Waals surface area contributed by atoms with E-state index in [1.165, 1.54) is 12.8 Å². The van der Waals surface area contributed by atoms with Gasteiger partial charge in [-0.3, -0.25) is 0 Å². The minimum atomic E-state index is 0.280. The summed E-state index contributed by atoms with van der Waals surface area (Å²) >= 11 is 12.0. The van der Waals surface area contributed by atoms with Crippen molar-refractivity contribution in [2.24, 2.45) is 0 Å². The predicted octanol–water partition coefficient (Wildman–Crippen LogP) is 3.18. The minimum absolute atomic E-state index is 0.280. The molecule has 4 heteroatoms. The maximum atomic E-state index is 6.07. The Morgan fingerprint density at radius 1 is 1.27 bits per heavy atom. The van der Waals surface area contributed by atoms with Gasteiger partial charge in [-0.05, 0) is 18.9 Å². The minimum Gasteiger partial charge on any atom is -0.490 e. The molecule has 0 aromatic heterocycles. The smallest absolute Gasteiger partial charge is 0.144 e. The Hall–Kier alpha value is -0.440. The summed E-state index contributed by atoms with van der Waals surface area (Å²) in [6.45, 7) is 0.659. The lowest BCUT2D eigenvalue weighted by molar-refractivity contribution is 0.310. The van der Waals surface area contributed by atoms with E-state index in [-0.39, 0.29) is 6.04 Å². The van der Waals surface area contributed by atoms with E-state index in [4.69, 9.17) is 27.9 Å². The lowest BCUT2D eigenvalue weighted by atomic mass is 10.1. The molecule has 0 spiro atoms. The van der Waals surface area contributed by atoms with Crippen molar-refractivity contribution in [3.05, 3.63) is 27.7 Å². The van der Waals surface area contributed by atoms with E-state index < -0.39 is 0 Å². The van der Waals surface area contributed by atoms with Crippen molar-refractivity contribution in [3.8, 4) is 5.75 Å². The van der Waals surface area contributed by atoms with Crippen LogP contribution < -0.4 is 10.1 Å². The highest BCUT2D eigenvalue weighted by Crippen LogP contribution is 2.42. The zero-order valence-electron chi connectivity index (χ0n) is 8.09. The molecule has 1 unspecified atom stereocenters. The summed E-state index contributed by atoms with van der Waals surface area (Å²) in [6.07, 6.45) is 2.54. The summed E-state index contributed by atoms with van der Waals surface area (Å²) in [5.41, 5.74) is 1.14. The standard InChI is InChI=1S/C11H11Cl2NO/c12-8-4-3-7-9(14-6-1-2-6)5-15-11(7)10(8)13/h3-4,6,9,14H,1-2,5H2. The Kier molecular flexibility index (Phi) is 2.31. The van der Waals surface area contributed by atoms with E-state index in [1.807, 2.05) is 12.1 Å². The third kappa shape index (κ3) is 1.71. The lowest BCUT2D eigenvalue weighted by Gasteiger charge is -2.10. The van der Waals surface area contributed by atoms with E-state index in [1.54, 1.807) is 0 Å². The van der Waals surface area contributed by atoms with Gasteiger partial charge in [0.2, 0.25) is 0 Å². The van der Waals surface area contributed by atoms with Crippen molar-refractivity contribution in [3.63, 3.8) is 0 Å². The zero-order chi connectivity index (χ0) is 10.4. The Bertz CT molecular complexity index is 404. The van der Waals surface area contributed by atoms with Gasteiger partial charge in [0.25, 0.3) is 0 Å². The third-order valence-electron chi connectivity index (χ3n) is 2.86. The van der Waals surface area contributed by atoms with Gasteiger partial charge in [0, 0.05) is 11.6 Å². The second kappa shape index (κ2) is 3.55. The summed E-state index contributed by atoms with van der Waals surface area (Å²) in [5.74, 6) is 0.752. The largest absolute Gasteiger partial charge is 0.490 e. The molecule has 2 aliphatic rings. The molecule has 0 saturated heterocycles. The van der Waals surface area contributed by atoms with Crippen molar-refractivity contribution in [1.82, 2.24) is 5.32 Å². The molecule has 1 N–H and O–H groups in total. The number of hydrogen-bond acceptors (Lipinski definition) is 2. The van der Waals surface area contributed by atoms with Gasteiger partial charge >= 0.3 is 0 Å². The van der Waals surface area contributed by atoms with E-state index in [0.717, 1.165) is 11.3 Å². The Morgan fingerprint density at radius 3 is 2.80 bits per heavy atom. The van der Waals surface area contributed by atoms with Gasteiger partial charge in [-0.2, -0.15) is 0 Å². The first kappa shape index (κ1) is 9.76. The number of rotatable bonds is 2. The summed E-state index contributed by atoms with van der Waals surface area (Å²) in [7, 11) is 0. The van der Waals surface area contributed by atoms with Gasteiger partial charge in [-0.15, -0.1) is 0 Å². The Labute approximate surface area is 98.5 Å². The highest BCUT2D eigenvalue weighted by molar-refractivity contribution is 6.43. The van der Waals surface area contributed by atoms with Gasteiger partial charge in [-0.1, -0.05) is 29.3 Å². The van der Waals surface area contributed by atoms with Crippen molar-refractivity contribution in [2.45, 2.75) is 24.9 Å². The molecule has 1 atom stereocenters. The molecule has 0 radical (unpaired) electrons. The predicted molar refractivity (Wildman–Crippen MR) is 60.9 cm³/mol. The van der Waals surface area contributed by atoms with Crippen LogP contribution >= 0.6 is 23.2 Å². The summed E-state index contributed by atoms with van der Waals surface area (Å²) in [4.78, 5) is 0. The highest BCUT2D eigenvalue weighted by atomic mass is 35.5. The average Bonchev–Trinajstić information content (AvgIpc) is 2.93. The highest BCUT2D eigenvalue weighted by Gasteiger charge is 2.32. The van der Waals surface area contributed by atoms with Crippen molar-refractivity contribution < 1.29 is 4.74 Å². The van der Waals surface area contributed by atoms with Crippen LogP contribution in [0.15, 0.2) is 12.1 Å². The SMILES string of the molecule is Clc1ccc2c(c1Cl)OCC2NC1CC1. The normalized spacial score (nSPS) is 23.7. The first-order valence-electron chi connectivity index (χ1n) is 5.12. The topological polar surface area (TPSA) is 21.3 Å². The summed E-state index contributed by atoms with van der Waals surface area (Å²) < 4.78 is 5.57. The Morgan fingerprint density at radius 2 is 2.07 bits per heavy atom. The molecule has 1 aliphatic carbocycles. The first-order chi connectivity index (χ1) is 7.25. The lowest BCUT2D eigenvalue weighted by Crippen LogP contribution is -2.24. The fourth-order valence-electron chi connectivity index (χ4n) is 1.90. The van der Waals surface area contributed by atoms with Crippen LogP contribution in [0.5, 0.6) is 5.75 Å². The first-order valence-corrected chi connectivity index (χ1v) is 5.88. The molecular formula is C11H11Cl2NO. The number of hydrogen-bond donors (Lipinski definition) is 1. The monoisotopic (exact) mass is 243 g/mol. The number of halogens is 2. The average molecular weight is 244 g/mol. The Balaban J connectivity index is 1.92. The molecule has 1 saturated carbocycles. The summed E-state index contributed by atoms with van der Waals surface area (Å²) in [5, 5.41) is 4.62. The van der Waals surface area contributed by atoms with Gasteiger partial charge in [-0.25, -0.2) is 0 Å². The number of benzene rings is 1. The van der Waals surface area contributed by atoms with E-state index in [2.05, 4.69) is 5.32 Å². The van der Waals surface area contributed by atoms with Crippen LogP contribution in [0, 0.1) is 0 Å². The quantitative estimate of drug-likeness (QED) is 0.862. The van der Waals surface area contributed by atoms with Crippen LogP contribution in [0.2, 0.25) is 10.0 Å². The fraction of sp³-hybridized carbons (Fsp3) is 0.455. The van der Waals surface area contributed by atoms with Crippen LogP contribution in [-0.2, 0) is 0 Å². The second-order valence-electron chi connectivity index (χ2n) is 4.08. The fourth-order valence-corrected chi connectivity index (χ4v) is 2.27. The van der Waals surface area contributed by atoms with Gasteiger partial charge in [0.05, 0.1) is 11.1 Å². The molecule has 1 aromatic carbocycles. The molecule has 80 valence electrons. The van der Waals surface area contributed by atoms with Crippen LogP contribution in [0.4, 0.5) is 0 Å². The van der Waals surface area contributed by atoms with Gasteiger partial charge in [0.15, 0.2) is 0 Å². The number of ether oxygens (including phenoxy) is 1. The van der Waals surface area contributed by atoms with Crippen molar-refractivity contribution >= 4 is 23.2 Å². The maximum Gasteiger partial charge on any atom is 0.144 e. The van der Waals surface area contributed by atoms with Gasteiger partial charge in [0.1, 0.15) is 17.4 Å². The van der Waals surface area contributed by atoms with Crippen LogP contribution in [0.25, 0.3) is 0 Å². The maximum absolute atomic E-state index is 6.07. The summed E-state index contributed by atoms with van der Waals surface area (Å²) in [6, 6.07) is 4.77. The zero-order valence-corrected chi connectivity index (χ0v) is 9.61. The van der Waals surface area contributed by atoms with Crippen LogP contribution in [0.1, 0.15) is 24.4 Å². The molecule has 3 rings (SSSR count). The molecule has 0 bridgehead atoms. The molecule has 2 nitrogen and oxygen atoms in total. The van der Waals surface area contributed by atoms with Crippen LogP contribution in [0.3, 0.4) is 0 Å². The molecule has 1 heterocycles. The van der Waals surface area contributed by atoms with E-state index in [0.29, 0.717) is 22.7 Å². The van der Waals surface area contributed by atoms with Crippen molar-refractivity contribution in [2.75, 3.05) is 6.61 Å². The molecule has 1 fully saturated rings. The third-order valence-corrected chi connectivity index (χ3v) is 3.65. The van der Waals surface area contributed by atoms with Gasteiger partial charge < -0.3 is 10.1 Å². The molecule has 15 heavy (non-hydrogen) atoms. The van der Waals surface area contributed by atoms with E-state index >= 15 is 0 Å².